The van der Waals surface area contributed by atoms with Crippen molar-refractivity contribution in [3.8, 4) is 5.75 Å². The van der Waals surface area contributed by atoms with E-state index < -0.39 is 0 Å². The van der Waals surface area contributed by atoms with E-state index in [1.807, 2.05) is 73.6 Å². The molecule has 2 aromatic rings. The molecule has 1 amide bonds. The molecular formula is C21H23N3O3. The Kier molecular flexibility index (Phi) is 5.57. The van der Waals surface area contributed by atoms with Gasteiger partial charge in [0.25, 0.3) is 5.91 Å². The molecule has 1 N–H and O–H groups in total. The molecule has 0 radical (unpaired) electrons. The average molecular weight is 365 g/mol. The molecule has 0 unspecified atom stereocenters. The number of amides is 1. The van der Waals surface area contributed by atoms with E-state index in [0.717, 1.165) is 22.6 Å². The Labute approximate surface area is 159 Å². The maximum atomic E-state index is 12.8. The highest BCUT2D eigenvalue weighted by Crippen LogP contribution is 2.25. The number of rotatable bonds is 6. The number of aliphatic hydroxyl groups is 1. The van der Waals surface area contributed by atoms with Crippen molar-refractivity contribution in [1.82, 2.24) is 5.01 Å². The third-order valence-corrected chi connectivity index (χ3v) is 4.34. The SMILES string of the molecule is COc1ccc(C2=NN(CCO)C(=O)/C2=C\c2ccc(N(C)C)cc2)cc1. The van der Waals surface area contributed by atoms with Gasteiger partial charge in [0, 0.05) is 25.3 Å². The van der Waals surface area contributed by atoms with Crippen LogP contribution in [0.1, 0.15) is 11.1 Å². The van der Waals surface area contributed by atoms with Gasteiger partial charge in [-0.1, -0.05) is 12.1 Å². The number of ether oxygens (including phenoxy) is 1. The summed E-state index contributed by atoms with van der Waals surface area (Å²) in [6.45, 7) is 0.0192. The molecule has 27 heavy (non-hydrogen) atoms. The second-order valence-corrected chi connectivity index (χ2v) is 6.37. The van der Waals surface area contributed by atoms with Crippen LogP contribution < -0.4 is 9.64 Å². The van der Waals surface area contributed by atoms with Gasteiger partial charge < -0.3 is 14.7 Å². The normalized spacial score (nSPS) is 15.3. The van der Waals surface area contributed by atoms with Crippen LogP contribution in [-0.4, -0.2) is 56.1 Å². The Bertz CT molecular complexity index is 869. The number of β-amino-alcohol motifs (C(OH)–C–C–N with tert-alkyl or cyclic N) is 1. The zero-order valence-electron chi connectivity index (χ0n) is 15.7. The predicted octanol–water partition coefficient (Wildman–Crippen LogP) is 2.38. The van der Waals surface area contributed by atoms with Crippen LogP contribution in [-0.2, 0) is 4.79 Å². The van der Waals surface area contributed by atoms with Gasteiger partial charge in [-0.3, -0.25) is 4.79 Å². The first kappa shape index (κ1) is 18.7. The molecule has 0 spiro atoms. The summed E-state index contributed by atoms with van der Waals surface area (Å²) in [6.07, 6.45) is 1.84. The number of hydrogen-bond acceptors (Lipinski definition) is 5. The molecule has 0 aromatic heterocycles. The summed E-state index contributed by atoms with van der Waals surface area (Å²) in [5.74, 6) is 0.521. The van der Waals surface area contributed by atoms with E-state index in [-0.39, 0.29) is 19.1 Å². The van der Waals surface area contributed by atoms with Crippen LogP contribution in [0.15, 0.2) is 59.2 Å². The number of methoxy groups -OCH3 is 1. The largest absolute Gasteiger partial charge is 0.497 e. The molecule has 0 saturated carbocycles. The van der Waals surface area contributed by atoms with Crippen molar-refractivity contribution in [2.75, 3.05) is 39.3 Å². The minimum Gasteiger partial charge on any atom is -0.497 e. The van der Waals surface area contributed by atoms with Crippen LogP contribution in [0.4, 0.5) is 5.69 Å². The van der Waals surface area contributed by atoms with Gasteiger partial charge in [0.2, 0.25) is 0 Å². The van der Waals surface area contributed by atoms with Crippen LogP contribution in [0.25, 0.3) is 6.08 Å². The van der Waals surface area contributed by atoms with E-state index in [2.05, 4.69) is 5.10 Å². The summed E-state index contributed by atoms with van der Waals surface area (Å²) in [5, 5.41) is 15.0. The topological polar surface area (TPSA) is 65.4 Å². The first-order valence-corrected chi connectivity index (χ1v) is 8.68. The van der Waals surface area contributed by atoms with Gasteiger partial charge in [0.15, 0.2) is 0 Å². The molecule has 2 aromatic carbocycles. The molecule has 0 bridgehead atoms. The Balaban J connectivity index is 1.98. The van der Waals surface area contributed by atoms with Gasteiger partial charge in [-0.2, -0.15) is 5.10 Å². The molecule has 0 saturated heterocycles. The summed E-state index contributed by atoms with van der Waals surface area (Å²) < 4.78 is 5.20. The van der Waals surface area contributed by atoms with Crippen molar-refractivity contribution < 1.29 is 14.6 Å². The lowest BCUT2D eigenvalue weighted by Gasteiger charge is -2.12. The van der Waals surface area contributed by atoms with Crippen molar-refractivity contribution in [2.45, 2.75) is 0 Å². The number of benzene rings is 2. The van der Waals surface area contributed by atoms with Crippen LogP contribution in [0.3, 0.4) is 0 Å². The zero-order chi connectivity index (χ0) is 19.4. The second-order valence-electron chi connectivity index (χ2n) is 6.37. The number of hydrazone groups is 1. The fourth-order valence-corrected chi connectivity index (χ4v) is 2.83. The highest BCUT2D eigenvalue weighted by Gasteiger charge is 2.30. The third kappa shape index (κ3) is 4.01. The fourth-order valence-electron chi connectivity index (χ4n) is 2.83. The highest BCUT2D eigenvalue weighted by atomic mass is 16.5. The highest BCUT2D eigenvalue weighted by molar-refractivity contribution is 6.33. The quantitative estimate of drug-likeness (QED) is 0.799. The van der Waals surface area contributed by atoms with Crippen LogP contribution in [0.2, 0.25) is 0 Å². The smallest absolute Gasteiger partial charge is 0.276 e. The Morgan fingerprint density at radius 1 is 1.11 bits per heavy atom. The molecule has 0 aliphatic carbocycles. The summed E-state index contributed by atoms with van der Waals surface area (Å²) in [5.41, 5.74) is 3.91. The van der Waals surface area contributed by atoms with Crippen molar-refractivity contribution in [3.63, 3.8) is 0 Å². The molecule has 1 aliphatic heterocycles. The van der Waals surface area contributed by atoms with Crippen LogP contribution >= 0.6 is 0 Å². The number of nitrogens with zero attached hydrogens (tertiary/aromatic N) is 3. The molecule has 3 rings (SSSR count). The van der Waals surface area contributed by atoms with Gasteiger partial charge in [0.05, 0.1) is 25.8 Å². The van der Waals surface area contributed by atoms with Crippen molar-refractivity contribution in [3.05, 3.63) is 65.2 Å². The molecule has 6 heteroatoms. The number of carbonyl (C=O) groups excluding carboxylic acids is 1. The maximum Gasteiger partial charge on any atom is 0.276 e. The number of anilines is 1. The molecular weight excluding hydrogens is 342 g/mol. The lowest BCUT2D eigenvalue weighted by atomic mass is 10.00. The van der Waals surface area contributed by atoms with Crippen molar-refractivity contribution in [2.24, 2.45) is 5.10 Å². The van der Waals surface area contributed by atoms with Gasteiger partial charge in [-0.15, -0.1) is 0 Å². The van der Waals surface area contributed by atoms with Crippen molar-refractivity contribution in [1.29, 1.82) is 0 Å². The average Bonchev–Trinajstić information content (AvgIpc) is 2.98. The van der Waals surface area contributed by atoms with Gasteiger partial charge in [-0.05, 0) is 48.0 Å². The minimum atomic E-state index is -0.216. The van der Waals surface area contributed by atoms with E-state index in [0.29, 0.717) is 11.3 Å². The maximum absolute atomic E-state index is 12.8. The Morgan fingerprint density at radius 3 is 2.33 bits per heavy atom. The van der Waals surface area contributed by atoms with E-state index in [1.54, 1.807) is 7.11 Å². The molecule has 0 atom stereocenters. The van der Waals surface area contributed by atoms with E-state index in [1.165, 1.54) is 5.01 Å². The van der Waals surface area contributed by atoms with E-state index in [9.17, 15) is 9.90 Å². The molecule has 1 heterocycles. The van der Waals surface area contributed by atoms with Gasteiger partial charge in [-0.25, -0.2) is 5.01 Å². The van der Waals surface area contributed by atoms with E-state index in [4.69, 9.17) is 4.74 Å². The van der Waals surface area contributed by atoms with Gasteiger partial charge in [0.1, 0.15) is 11.5 Å². The molecule has 140 valence electrons. The molecule has 1 aliphatic rings. The fraction of sp³-hybridized carbons (Fsp3) is 0.238. The second kappa shape index (κ2) is 8.05. The van der Waals surface area contributed by atoms with E-state index >= 15 is 0 Å². The summed E-state index contributed by atoms with van der Waals surface area (Å²) in [4.78, 5) is 14.8. The standard InChI is InChI=1S/C21H23N3O3/c1-23(2)17-8-4-15(5-9-17)14-19-20(22-24(12-13-25)21(19)26)16-6-10-18(27-3)11-7-16/h4-11,14,25H,12-13H2,1-3H3/b19-14-. The summed E-state index contributed by atoms with van der Waals surface area (Å²) >= 11 is 0. The number of carbonyl (C=O) groups is 1. The minimum absolute atomic E-state index is 0.143. The third-order valence-electron chi connectivity index (χ3n) is 4.34. The first-order valence-electron chi connectivity index (χ1n) is 8.68. The summed E-state index contributed by atoms with van der Waals surface area (Å²) in [6, 6.07) is 15.3. The number of hydrogen-bond donors (Lipinski definition) is 1. The Hall–Kier alpha value is -3.12. The summed E-state index contributed by atoms with van der Waals surface area (Å²) in [7, 11) is 5.57. The molecule has 0 fully saturated rings. The first-order chi connectivity index (χ1) is 13.0. The number of aliphatic hydroxyl groups excluding tert-OH is 1. The molecule has 6 nitrogen and oxygen atoms in total. The Morgan fingerprint density at radius 2 is 1.78 bits per heavy atom. The van der Waals surface area contributed by atoms with Crippen LogP contribution in [0, 0.1) is 0 Å². The predicted molar refractivity (Wildman–Crippen MR) is 107 cm³/mol. The zero-order valence-corrected chi connectivity index (χ0v) is 15.7. The van der Waals surface area contributed by atoms with Crippen molar-refractivity contribution >= 4 is 23.4 Å². The van der Waals surface area contributed by atoms with Crippen LogP contribution in [0.5, 0.6) is 5.75 Å². The monoisotopic (exact) mass is 365 g/mol. The lowest BCUT2D eigenvalue weighted by molar-refractivity contribution is -0.126. The lowest BCUT2D eigenvalue weighted by Crippen LogP contribution is -2.25. The van der Waals surface area contributed by atoms with Gasteiger partial charge >= 0.3 is 0 Å².